The van der Waals surface area contributed by atoms with Crippen LogP contribution >= 0.6 is 0 Å². The summed E-state index contributed by atoms with van der Waals surface area (Å²) in [6.07, 6.45) is 1.94. The second-order valence-corrected chi connectivity index (χ2v) is 3.91. The van der Waals surface area contributed by atoms with E-state index < -0.39 is 0 Å². The number of para-hydroxylation sites is 1. The van der Waals surface area contributed by atoms with E-state index in [-0.39, 0.29) is 23.0 Å². The second kappa shape index (κ2) is 6.13. The quantitative estimate of drug-likeness (QED) is 0.773. The highest BCUT2D eigenvalue weighted by Gasteiger charge is 2.18. The number of benzene rings is 1. The maximum atomic E-state index is 12.1. The zero-order valence-electron chi connectivity index (χ0n) is 10.3. The summed E-state index contributed by atoms with van der Waals surface area (Å²) in [4.78, 5) is 13.8. The highest BCUT2D eigenvalue weighted by Crippen LogP contribution is 2.29. The maximum Gasteiger partial charge on any atom is 0.257 e. The normalized spacial score (nSPS) is 10.2. The minimum Gasteiger partial charge on any atom is -0.504 e. The molecule has 17 heavy (non-hydrogen) atoms. The van der Waals surface area contributed by atoms with Crippen LogP contribution in [0.2, 0.25) is 0 Å². The first kappa shape index (κ1) is 13.4. The van der Waals surface area contributed by atoms with Crippen LogP contribution in [0.25, 0.3) is 0 Å². The van der Waals surface area contributed by atoms with Gasteiger partial charge >= 0.3 is 0 Å². The van der Waals surface area contributed by atoms with Gasteiger partial charge in [-0.25, -0.2) is 0 Å². The summed E-state index contributed by atoms with van der Waals surface area (Å²) >= 11 is 0. The molecule has 0 saturated carbocycles. The van der Waals surface area contributed by atoms with Crippen molar-refractivity contribution in [2.75, 3.05) is 13.1 Å². The molecule has 2 N–H and O–H groups in total. The molecule has 94 valence electrons. The molecule has 4 nitrogen and oxygen atoms in total. The van der Waals surface area contributed by atoms with Gasteiger partial charge in [-0.15, -0.1) is 0 Å². The number of unbranched alkanes of at least 4 members (excludes halogenated alkanes) is 1. The molecule has 0 aromatic heterocycles. The number of amides is 1. The molecule has 0 aliphatic carbocycles. The molecule has 0 heterocycles. The van der Waals surface area contributed by atoms with Crippen LogP contribution in [0.1, 0.15) is 37.0 Å². The predicted octanol–water partition coefficient (Wildman–Crippen LogP) is 2.36. The van der Waals surface area contributed by atoms with Crippen LogP contribution in [0, 0.1) is 0 Å². The summed E-state index contributed by atoms with van der Waals surface area (Å²) in [7, 11) is 0. The SMILES string of the molecule is CCCCN(CC)C(=O)c1cccc(O)c1O. The van der Waals surface area contributed by atoms with Crippen molar-refractivity contribution >= 4 is 5.91 Å². The third-order valence-electron chi connectivity index (χ3n) is 2.70. The highest BCUT2D eigenvalue weighted by molar-refractivity contribution is 5.97. The summed E-state index contributed by atoms with van der Waals surface area (Å²) in [5.41, 5.74) is 0.156. The fourth-order valence-electron chi connectivity index (χ4n) is 1.63. The average molecular weight is 237 g/mol. The van der Waals surface area contributed by atoms with Gasteiger partial charge in [0, 0.05) is 13.1 Å². The summed E-state index contributed by atoms with van der Waals surface area (Å²) in [6, 6.07) is 4.43. The maximum absolute atomic E-state index is 12.1. The van der Waals surface area contributed by atoms with Gasteiger partial charge in [-0.05, 0) is 25.5 Å². The summed E-state index contributed by atoms with van der Waals surface area (Å²) in [6.45, 7) is 5.21. The second-order valence-electron chi connectivity index (χ2n) is 3.91. The Morgan fingerprint density at radius 3 is 2.59 bits per heavy atom. The lowest BCUT2D eigenvalue weighted by Gasteiger charge is -2.21. The van der Waals surface area contributed by atoms with Crippen molar-refractivity contribution in [3.8, 4) is 11.5 Å². The first-order valence-corrected chi connectivity index (χ1v) is 5.92. The van der Waals surface area contributed by atoms with Gasteiger partial charge in [-0.3, -0.25) is 4.79 Å². The van der Waals surface area contributed by atoms with Crippen molar-refractivity contribution in [1.29, 1.82) is 0 Å². The Bertz CT molecular complexity index is 390. The van der Waals surface area contributed by atoms with E-state index in [2.05, 4.69) is 6.92 Å². The number of phenols is 2. The molecule has 0 bridgehead atoms. The van der Waals surface area contributed by atoms with Crippen molar-refractivity contribution in [3.05, 3.63) is 23.8 Å². The van der Waals surface area contributed by atoms with Gasteiger partial charge in [0.1, 0.15) is 0 Å². The molecule has 1 rings (SSSR count). The number of carbonyl (C=O) groups excluding carboxylic acids is 1. The Labute approximate surface area is 101 Å². The average Bonchev–Trinajstić information content (AvgIpc) is 2.33. The van der Waals surface area contributed by atoms with Gasteiger partial charge in [0.15, 0.2) is 11.5 Å². The third kappa shape index (κ3) is 3.12. The van der Waals surface area contributed by atoms with E-state index >= 15 is 0 Å². The fraction of sp³-hybridized carbons (Fsp3) is 0.462. The molecular weight excluding hydrogens is 218 g/mol. The number of hydrogen-bond acceptors (Lipinski definition) is 3. The number of aromatic hydroxyl groups is 2. The Kier molecular flexibility index (Phi) is 4.82. The lowest BCUT2D eigenvalue weighted by molar-refractivity contribution is 0.0758. The van der Waals surface area contributed by atoms with Gasteiger partial charge in [0.05, 0.1) is 5.56 Å². The van der Waals surface area contributed by atoms with Crippen LogP contribution in [0.4, 0.5) is 0 Å². The molecule has 1 amide bonds. The van der Waals surface area contributed by atoms with Crippen LogP contribution in [0.3, 0.4) is 0 Å². The van der Waals surface area contributed by atoms with Crippen molar-refractivity contribution in [1.82, 2.24) is 4.90 Å². The van der Waals surface area contributed by atoms with Gasteiger partial charge in [-0.2, -0.15) is 0 Å². The largest absolute Gasteiger partial charge is 0.504 e. The predicted molar refractivity (Wildman–Crippen MR) is 66.3 cm³/mol. The van der Waals surface area contributed by atoms with Gasteiger partial charge < -0.3 is 15.1 Å². The van der Waals surface area contributed by atoms with E-state index in [0.29, 0.717) is 13.1 Å². The van der Waals surface area contributed by atoms with E-state index in [0.717, 1.165) is 12.8 Å². The van der Waals surface area contributed by atoms with Crippen LogP contribution in [0.5, 0.6) is 11.5 Å². The minimum absolute atomic E-state index is 0.156. The van der Waals surface area contributed by atoms with Crippen molar-refractivity contribution < 1.29 is 15.0 Å². The molecule has 0 saturated heterocycles. The van der Waals surface area contributed by atoms with E-state index in [9.17, 15) is 15.0 Å². The highest BCUT2D eigenvalue weighted by atomic mass is 16.3. The van der Waals surface area contributed by atoms with Crippen LogP contribution in [-0.4, -0.2) is 34.1 Å². The molecule has 0 spiro atoms. The molecular formula is C13H19NO3. The molecule has 0 unspecified atom stereocenters. The lowest BCUT2D eigenvalue weighted by atomic mass is 10.1. The Morgan fingerprint density at radius 1 is 1.29 bits per heavy atom. The number of hydrogen-bond donors (Lipinski definition) is 2. The van der Waals surface area contributed by atoms with Gasteiger partial charge in [-0.1, -0.05) is 19.4 Å². The van der Waals surface area contributed by atoms with E-state index in [1.807, 2.05) is 6.92 Å². The molecule has 0 radical (unpaired) electrons. The molecule has 0 atom stereocenters. The summed E-state index contributed by atoms with van der Waals surface area (Å²) in [5.74, 6) is -0.843. The Balaban J connectivity index is 2.90. The molecule has 4 heteroatoms. The molecule has 0 fully saturated rings. The topological polar surface area (TPSA) is 60.8 Å². The number of rotatable bonds is 5. The molecule has 0 aliphatic heterocycles. The fourth-order valence-corrected chi connectivity index (χ4v) is 1.63. The zero-order valence-corrected chi connectivity index (χ0v) is 10.3. The molecule has 1 aromatic carbocycles. The van der Waals surface area contributed by atoms with Crippen LogP contribution in [0.15, 0.2) is 18.2 Å². The monoisotopic (exact) mass is 237 g/mol. The minimum atomic E-state index is -0.340. The summed E-state index contributed by atoms with van der Waals surface area (Å²) in [5, 5.41) is 19.0. The first-order chi connectivity index (χ1) is 8.11. The molecule has 0 aliphatic rings. The van der Waals surface area contributed by atoms with Crippen LogP contribution in [-0.2, 0) is 0 Å². The summed E-state index contributed by atoms with van der Waals surface area (Å²) < 4.78 is 0. The number of carbonyl (C=O) groups is 1. The van der Waals surface area contributed by atoms with Crippen molar-refractivity contribution in [3.63, 3.8) is 0 Å². The van der Waals surface area contributed by atoms with Crippen molar-refractivity contribution in [2.45, 2.75) is 26.7 Å². The smallest absolute Gasteiger partial charge is 0.257 e. The van der Waals surface area contributed by atoms with E-state index in [1.165, 1.54) is 12.1 Å². The van der Waals surface area contributed by atoms with Gasteiger partial charge in [0.2, 0.25) is 0 Å². The Hall–Kier alpha value is -1.71. The molecule has 1 aromatic rings. The van der Waals surface area contributed by atoms with E-state index in [4.69, 9.17) is 0 Å². The first-order valence-electron chi connectivity index (χ1n) is 5.92. The zero-order chi connectivity index (χ0) is 12.8. The Morgan fingerprint density at radius 2 is 2.00 bits per heavy atom. The van der Waals surface area contributed by atoms with Crippen molar-refractivity contribution in [2.24, 2.45) is 0 Å². The standard InChI is InChI=1S/C13H19NO3/c1-3-5-9-14(4-2)13(17)10-7-6-8-11(15)12(10)16/h6-8,15-16H,3-5,9H2,1-2H3. The number of phenolic OH excluding ortho intramolecular Hbond substituents is 2. The van der Waals surface area contributed by atoms with E-state index in [1.54, 1.807) is 11.0 Å². The van der Waals surface area contributed by atoms with Crippen LogP contribution < -0.4 is 0 Å². The number of nitrogens with zero attached hydrogens (tertiary/aromatic N) is 1. The van der Waals surface area contributed by atoms with Gasteiger partial charge in [0.25, 0.3) is 5.91 Å². The lowest BCUT2D eigenvalue weighted by Crippen LogP contribution is -2.31. The third-order valence-corrected chi connectivity index (χ3v) is 2.70.